The van der Waals surface area contributed by atoms with Crippen molar-refractivity contribution < 1.29 is 9.90 Å². The van der Waals surface area contributed by atoms with E-state index in [1.807, 2.05) is 18.5 Å². The Hall–Kier alpha value is -1.55. The molecule has 0 radical (unpaired) electrons. The summed E-state index contributed by atoms with van der Waals surface area (Å²) in [6.07, 6.45) is 0. The molecule has 5 heteroatoms. The number of hydrogen-bond donors (Lipinski definition) is 1. The first-order valence-corrected chi connectivity index (χ1v) is 4.74. The van der Waals surface area contributed by atoms with E-state index in [4.69, 9.17) is 16.7 Å². The highest BCUT2D eigenvalue weighted by molar-refractivity contribution is 6.34. The summed E-state index contributed by atoms with van der Waals surface area (Å²) in [7, 11) is 1.86. The highest BCUT2D eigenvalue weighted by atomic mass is 35.5. The van der Waals surface area contributed by atoms with Gasteiger partial charge in [0.2, 0.25) is 0 Å². The van der Waals surface area contributed by atoms with E-state index >= 15 is 0 Å². The lowest BCUT2D eigenvalue weighted by atomic mass is 10.2. The van der Waals surface area contributed by atoms with Gasteiger partial charge in [-0.1, -0.05) is 11.6 Å². The largest absolute Gasteiger partial charge is 0.478 e. The first kappa shape index (κ1) is 9.98. The average molecular weight is 225 g/mol. The van der Waals surface area contributed by atoms with E-state index in [-0.39, 0.29) is 10.6 Å². The predicted molar refractivity (Wildman–Crippen MR) is 57.4 cm³/mol. The standard InChI is InChI=1S/C10H9ClN2O2/c1-5-12-8-3-6(10(14)15)7(11)4-9(8)13(5)2/h3-4H,1-2H3,(H,14,15). The third-order valence-corrected chi connectivity index (χ3v) is 2.74. The Morgan fingerprint density at radius 3 is 2.80 bits per heavy atom. The van der Waals surface area contributed by atoms with Crippen LogP contribution in [0.2, 0.25) is 5.02 Å². The van der Waals surface area contributed by atoms with Crippen molar-refractivity contribution in [1.29, 1.82) is 0 Å². The third kappa shape index (κ3) is 1.47. The van der Waals surface area contributed by atoms with E-state index in [0.717, 1.165) is 11.3 Å². The van der Waals surface area contributed by atoms with Crippen LogP contribution in [0.4, 0.5) is 0 Å². The van der Waals surface area contributed by atoms with Crippen LogP contribution < -0.4 is 0 Å². The van der Waals surface area contributed by atoms with Gasteiger partial charge in [0.25, 0.3) is 0 Å². The van der Waals surface area contributed by atoms with Crippen molar-refractivity contribution in [2.24, 2.45) is 7.05 Å². The number of aromatic carboxylic acids is 1. The van der Waals surface area contributed by atoms with Crippen LogP contribution >= 0.6 is 11.6 Å². The van der Waals surface area contributed by atoms with Crippen molar-refractivity contribution in [3.8, 4) is 0 Å². The minimum Gasteiger partial charge on any atom is -0.478 e. The van der Waals surface area contributed by atoms with E-state index in [1.54, 1.807) is 6.07 Å². The van der Waals surface area contributed by atoms with Crippen molar-refractivity contribution in [2.75, 3.05) is 0 Å². The van der Waals surface area contributed by atoms with Crippen molar-refractivity contribution in [1.82, 2.24) is 9.55 Å². The second kappa shape index (κ2) is 3.24. The lowest BCUT2D eigenvalue weighted by Gasteiger charge is -2.00. The number of benzene rings is 1. The fourth-order valence-electron chi connectivity index (χ4n) is 1.50. The molecule has 4 nitrogen and oxygen atoms in total. The van der Waals surface area contributed by atoms with Crippen molar-refractivity contribution >= 4 is 28.6 Å². The van der Waals surface area contributed by atoms with E-state index < -0.39 is 5.97 Å². The molecule has 0 aliphatic heterocycles. The van der Waals surface area contributed by atoms with Gasteiger partial charge >= 0.3 is 5.97 Å². The molecule has 0 aliphatic rings. The molecule has 1 heterocycles. The summed E-state index contributed by atoms with van der Waals surface area (Å²) in [6, 6.07) is 3.12. The number of nitrogens with zero attached hydrogens (tertiary/aromatic N) is 2. The summed E-state index contributed by atoms with van der Waals surface area (Å²) in [6.45, 7) is 1.86. The molecule has 1 N–H and O–H groups in total. The Morgan fingerprint density at radius 1 is 1.53 bits per heavy atom. The lowest BCUT2D eigenvalue weighted by molar-refractivity contribution is 0.0697. The number of rotatable bonds is 1. The second-order valence-corrected chi connectivity index (χ2v) is 3.75. The van der Waals surface area contributed by atoms with Gasteiger partial charge in [-0.05, 0) is 19.1 Å². The van der Waals surface area contributed by atoms with Gasteiger partial charge in [0.1, 0.15) is 5.82 Å². The van der Waals surface area contributed by atoms with Crippen LogP contribution in [0.1, 0.15) is 16.2 Å². The summed E-state index contributed by atoms with van der Waals surface area (Å²) < 4.78 is 1.87. The van der Waals surface area contributed by atoms with Gasteiger partial charge in [-0.15, -0.1) is 0 Å². The van der Waals surface area contributed by atoms with Crippen LogP contribution in [0.15, 0.2) is 12.1 Å². The molecule has 0 atom stereocenters. The summed E-state index contributed by atoms with van der Waals surface area (Å²) in [4.78, 5) is 15.1. The van der Waals surface area contributed by atoms with Crippen molar-refractivity contribution in [2.45, 2.75) is 6.92 Å². The number of carboxylic acid groups (broad SMARTS) is 1. The molecular weight excluding hydrogens is 216 g/mol. The number of hydrogen-bond acceptors (Lipinski definition) is 2. The molecule has 1 aromatic heterocycles. The van der Waals surface area contributed by atoms with Gasteiger partial charge in [0.05, 0.1) is 21.6 Å². The first-order chi connectivity index (χ1) is 7.00. The molecule has 15 heavy (non-hydrogen) atoms. The fourth-order valence-corrected chi connectivity index (χ4v) is 1.74. The monoisotopic (exact) mass is 224 g/mol. The van der Waals surface area contributed by atoms with E-state index in [1.165, 1.54) is 6.07 Å². The number of aromatic nitrogens is 2. The number of imidazole rings is 1. The first-order valence-electron chi connectivity index (χ1n) is 4.36. The molecule has 0 bridgehead atoms. The number of aryl methyl sites for hydroxylation is 2. The maximum atomic E-state index is 10.8. The molecule has 0 spiro atoms. The van der Waals surface area contributed by atoms with Crippen molar-refractivity contribution in [3.63, 3.8) is 0 Å². The van der Waals surface area contributed by atoms with Gasteiger partial charge in [0, 0.05) is 7.05 Å². The van der Waals surface area contributed by atoms with Gasteiger partial charge in [-0.2, -0.15) is 0 Å². The summed E-state index contributed by atoms with van der Waals surface area (Å²) in [5.74, 6) is -0.214. The van der Waals surface area contributed by atoms with Crippen molar-refractivity contribution in [3.05, 3.63) is 28.5 Å². The zero-order valence-electron chi connectivity index (χ0n) is 8.28. The molecule has 0 amide bonds. The zero-order valence-corrected chi connectivity index (χ0v) is 9.04. The zero-order chi connectivity index (χ0) is 11.2. The van der Waals surface area contributed by atoms with Gasteiger partial charge < -0.3 is 9.67 Å². The molecule has 0 aliphatic carbocycles. The van der Waals surface area contributed by atoms with Crippen LogP contribution in [-0.2, 0) is 7.05 Å². The minimum atomic E-state index is -1.04. The second-order valence-electron chi connectivity index (χ2n) is 3.34. The Labute approximate surface area is 91.1 Å². The maximum Gasteiger partial charge on any atom is 0.337 e. The van der Waals surface area contributed by atoms with E-state index in [9.17, 15) is 4.79 Å². The highest BCUT2D eigenvalue weighted by Crippen LogP contribution is 2.24. The van der Waals surface area contributed by atoms with E-state index in [2.05, 4.69) is 4.98 Å². The molecule has 0 saturated heterocycles. The summed E-state index contributed by atoms with van der Waals surface area (Å²) in [5.41, 5.74) is 1.57. The maximum absolute atomic E-state index is 10.8. The third-order valence-electron chi connectivity index (χ3n) is 2.42. The van der Waals surface area contributed by atoms with Crippen LogP contribution in [-0.4, -0.2) is 20.6 Å². The van der Waals surface area contributed by atoms with E-state index in [0.29, 0.717) is 5.52 Å². The Balaban J connectivity index is 2.82. The molecule has 0 fully saturated rings. The quantitative estimate of drug-likeness (QED) is 0.808. The molecule has 0 unspecified atom stereocenters. The van der Waals surface area contributed by atoms with Gasteiger partial charge in [-0.25, -0.2) is 9.78 Å². The number of fused-ring (bicyclic) bond motifs is 1. The average Bonchev–Trinajstić information content (AvgIpc) is 2.43. The minimum absolute atomic E-state index is 0.0854. The normalized spacial score (nSPS) is 10.9. The van der Waals surface area contributed by atoms with Crippen LogP contribution in [0.25, 0.3) is 11.0 Å². The Bertz CT molecular complexity index is 560. The molecular formula is C10H9ClN2O2. The molecule has 2 rings (SSSR count). The summed E-state index contributed by atoms with van der Waals surface area (Å²) in [5, 5.41) is 9.12. The molecule has 2 aromatic rings. The lowest BCUT2D eigenvalue weighted by Crippen LogP contribution is -1.97. The van der Waals surface area contributed by atoms with Gasteiger partial charge in [0.15, 0.2) is 0 Å². The molecule has 0 saturated carbocycles. The Kier molecular flexibility index (Phi) is 2.16. The number of carboxylic acids is 1. The molecule has 1 aromatic carbocycles. The predicted octanol–water partition coefficient (Wildman–Crippen LogP) is 2.23. The Morgan fingerprint density at radius 2 is 2.20 bits per heavy atom. The number of halogens is 1. The summed E-state index contributed by atoms with van der Waals surface area (Å²) >= 11 is 5.86. The smallest absolute Gasteiger partial charge is 0.337 e. The van der Waals surface area contributed by atoms with Gasteiger partial charge in [-0.3, -0.25) is 0 Å². The SMILES string of the molecule is Cc1nc2cc(C(=O)O)c(Cl)cc2n1C. The fraction of sp³-hybridized carbons (Fsp3) is 0.200. The van der Waals surface area contributed by atoms with Crippen LogP contribution in [0, 0.1) is 6.92 Å². The van der Waals surface area contributed by atoms with Crippen LogP contribution in [0.3, 0.4) is 0 Å². The topological polar surface area (TPSA) is 55.1 Å². The highest BCUT2D eigenvalue weighted by Gasteiger charge is 2.13. The number of carbonyl (C=O) groups is 1. The molecule has 78 valence electrons. The van der Waals surface area contributed by atoms with Crippen LogP contribution in [0.5, 0.6) is 0 Å².